The number of rotatable bonds is 6. The molecule has 0 aromatic carbocycles. The van der Waals surface area contributed by atoms with Crippen molar-refractivity contribution in [3.63, 3.8) is 0 Å². The number of ether oxygens (including phenoxy) is 2. The molecule has 1 heterocycles. The van der Waals surface area contributed by atoms with Gasteiger partial charge in [0.15, 0.2) is 5.75 Å². The van der Waals surface area contributed by atoms with Crippen molar-refractivity contribution in [3.8, 4) is 5.75 Å². The molecule has 4 nitrogen and oxygen atoms in total. The van der Waals surface area contributed by atoms with E-state index in [1.807, 2.05) is 13.0 Å². The van der Waals surface area contributed by atoms with Crippen LogP contribution in [0.25, 0.3) is 0 Å². The number of hydrogen-bond donors (Lipinski definition) is 0. The molecular weight excluding hydrogens is 298 g/mol. The van der Waals surface area contributed by atoms with Crippen LogP contribution in [0.2, 0.25) is 0 Å². The fourth-order valence-electron chi connectivity index (χ4n) is 1.19. The highest BCUT2D eigenvalue weighted by atomic mass is 79.9. The van der Waals surface area contributed by atoms with E-state index in [1.165, 1.54) is 6.08 Å². The first-order valence-corrected chi connectivity index (χ1v) is 6.51. The van der Waals surface area contributed by atoms with Crippen molar-refractivity contribution in [2.24, 2.45) is 5.92 Å². The summed E-state index contributed by atoms with van der Waals surface area (Å²) >= 11 is 3.30. The monoisotopic (exact) mass is 313 g/mol. The minimum atomic E-state index is -0.327. The molecule has 0 radical (unpaired) electrons. The summed E-state index contributed by atoms with van der Waals surface area (Å²) in [4.78, 5) is 15.2. The van der Waals surface area contributed by atoms with Crippen LogP contribution in [0.5, 0.6) is 5.75 Å². The van der Waals surface area contributed by atoms with Crippen molar-refractivity contribution in [1.82, 2.24) is 4.98 Å². The van der Waals surface area contributed by atoms with Gasteiger partial charge in [0.05, 0.1) is 13.2 Å². The second-order valence-electron chi connectivity index (χ2n) is 3.69. The molecule has 0 amide bonds. The van der Waals surface area contributed by atoms with Crippen LogP contribution in [0.1, 0.15) is 13.8 Å². The van der Waals surface area contributed by atoms with Gasteiger partial charge in [0.2, 0.25) is 0 Å². The first-order chi connectivity index (χ1) is 8.63. The summed E-state index contributed by atoms with van der Waals surface area (Å²) in [5.41, 5.74) is 0. The molecule has 0 unspecified atom stereocenters. The highest BCUT2D eigenvalue weighted by Gasteiger charge is 2.04. The lowest BCUT2D eigenvalue weighted by atomic mass is 10.2. The van der Waals surface area contributed by atoms with Gasteiger partial charge in [-0.25, -0.2) is 9.78 Å². The molecule has 5 heteroatoms. The molecule has 1 rings (SSSR count). The average Bonchev–Trinajstić information content (AvgIpc) is 2.36. The van der Waals surface area contributed by atoms with E-state index in [1.54, 1.807) is 25.3 Å². The van der Waals surface area contributed by atoms with Gasteiger partial charge in [0, 0.05) is 18.2 Å². The average molecular weight is 314 g/mol. The third kappa shape index (κ3) is 5.31. The lowest BCUT2D eigenvalue weighted by molar-refractivity contribution is -0.137. The van der Waals surface area contributed by atoms with E-state index in [0.29, 0.717) is 23.6 Å². The Balaban J connectivity index is 2.40. The highest BCUT2D eigenvalue weighted by molar-refractivity contribution is 9.10. The van der Waals surface area contributed by atoms with E-state index >= 15 is 0 Å². The van der Waals surface area contributed by atoms with Crippen LogP contribution in [0, 0.1) is 5.92 Å². The van der Waals surface area contributed by atoms with Crippen molar-refractivity contribution in [2.75, 3.05) is 13.2 Å². The summed E-state index contributed by atoms with van der Waals surface area (Å²) in [6, 6.07) is 3.64. The normalized spacial score (nSPS) is 12.4. The van der Waals surface area contributed by atoms with Crippen molar-refractivity contribution >= 4 is 21.9 Å². The first-order valence-electron chi connectivity index (χ1n) is 5.71. The van der Waals surface area contributed by atoms with Gasteiger partial charge in [0.1, 0.15) is 4.60 Å². The van der Waals surface area contributed by atoms with Crippen LogP contribution >= 0.6 is 15.9 Å². The van der Waals surface area contributed by atoms with E-state index < -0.39 is 0 Å². The second-order valence-corrected chi connectivity index (χ2v) is 4.44. The first kappa shape index (κ1) is 14.7. The SMILES string of the molecule is CCOC(=O)/C=C/[C@@H](C)COc1cccnc1Br. The van der Waals surface area contributed by atoms with Crippen molar-refractivity contribution in [2.45, 2.75) is 13.8 Å². The molecule has 0 saturated carbocycles. The largest absolute Gasteiger partial charge is 0.490 e. The Morgan fingerprint density at radius 3 is 3.06 bits per heavy atom. The Labute approximate surface area is 115 Å². The fourth-order valence-corrected chi connectivity index (χ4v) is 1.55. The number of hydrogen-bond acceptors (Lipinski definition) is 4. The Morgan fingerprint density at radius 1 is 1.61 bits per heavy atom. The molecule has 1 atom stereocenters. The summed E-state index contributed by atoms with van der Waals surface area (Å²) < 4.78 is 11.0. The van der Waals surface area contributed by atoms with E-state index in [-0.39, 0.29) is 11.9 Å². The van der Waals surface area contributed by atoms with Crippen LogP contribution in [0.4, 0.5) is 0 Å². The fraction of sp³-hybridized carbons (Fsp3) is 0.385. The third-order valence-electron chi connectivity index (χ3n) is 2.07. The smallest absolute Gasteiger partial charge is 0.330 e. The lowest BCUT2D eigenvalue weighted by Crippen LogP contribution is -2.08. The Hall–Kier alpha value is -1.36. The van der Waals surface area contributed by atoms with Gasteiger partial charge in [-0.2, -0.15) is 0 Å². The van der Waals surface area contributed by atoms with Crippen LogP contribution in [0.15, 0.2) is 35.1 Å². The van der Waals surface area contributed by atoms with Gasteiger partial charge in [-0.1, -0.05) is 13.0 Å². The lowest BCUT2D eigenvalue weighted by Gasteiger charge is -2.10. The van der Waals surface area contributed by atoms with Gasteiger partial charge in [0.25, 0.3) is 0 Å². The molecule has 0 spiro atoms. The van der Waals surface area contributed by atoms with E-state index in [0.717, 1.165) is 0 Å². The zero-order valence-electron chi connectivity index (χ0n) is 10.4. The highest BCUT2D eigenvalue weighted by Crippen LogP contribution is 2.21. The molecule has 1 aromatic rings. The number of esters is 1. The molecule has 0 aliphatic heterocycles. The van der Waals surface area contributed by atoms with Gasteiger partial charge in [-0.3, -0.25) is 0 Å². The summed E-state index contributed by atoms with van der Waals surface area (Å²) in [6.07, 6.45) is 4.87. The molecule has 0 saturated heterocycles. The minimum absolute atomic E-state index is 0.113. The molecule has 0 fully saturated rings. The molecular formula is C13H16BrNO3. The zero-order valence-corrected chi connectivity index (χ0v) is 12.0. The topological polar surface area (TPSA) is 48.4 Å². The Morgan fingerprint density at radius 2 is 2.39 bits per heavy atom. The van der Waals surface area contributed by atoms with E-state index in [2.05, 4.69) is 20.9 Å². The van der Waals surface area contributed by atoms with Crippen LogP contribution in [-0.4, -0.2) is 24.2 Å². The molecule has 0 aliphatic rings. The van der Waals surface area contributed by atoms with Gasteiger partial charge in [-0.05, 0) is 35.0 Å². The van der Waals surface area contributed by atoms with Gasteiger partial charge >= 0.3 is 5.97 Å². The molecule has 0 N–H and O–H groups in total. The summed E-state index contributed by atoms with van der Waals surface area (Å²) in [7, 11) is 0. The molecule has 1 aromatic heterocycles. The van der Waals surface area contributed by atoms with Crippen molar-refractivity contribution in [1.29, 1.82) is 0 Å². The summed E-state index contributed by atoms with van der Waals surface area (Å²) in [5.74, 6) is 0.474. The Kier molecular flexibility index (Phi) is 6.43. The molecule has 0 aliphatic carbocycles. The van der Waals surface area contributed by atoms with Crippen molar-refractivity contribution in [3.05, 3.63) is 35.1 Å². The van der Waals surface area contributed by atoms with Crippen LogP contribution in [-0.2, 0) is 9.53 Å². The van der Waals surface area contributed by atoms with Crippen LogP contribution < -0.4 is 4.74 Å². The number of carbonyl (C=O) groups is 1. The Bertz CT molecular complexity index is 420. The number of pyridine rings is 1. The zero-order chi connectivity index (χ0) is 13.4. The second kappa shape index (κ2) is 7.87. The van der Waals surface area contributed by atoms with Crippen molar-refractivity contribution < 1.29 is 14.3 Å². The minimum Gasteiger partial charge on any atom is -0.490 e. The number of carbonyl (C=O) groups excluding carboxylic acids is 1. The third-order valence-corrected chi connectivity index (χ3v) is 2.67. The molecule has 18 heavy (non-hydrogen) atoms. The number of halogens is 1. The predicted molar refractivity (Wildman–Crippen MR) is 72.4 cm³/mol. The van der Waals surface area contributed by atoms with Gasteiger partial charge in [-0.15, -0.1) is 0 Å². The maximum Gasteiger partial charge on any atom is 0.330 e. The van der Waals surface area contributed by atoms with Crippen LogP contribution in [0.3, 0.4) is 0 Å². The maximum atomic E-state index is 11.1. The van der Waals surface area contributed by atoms with Gasteiger partial charge < -0.3 is 9.47 Å². The number of aromatic nitrogens is 1. The number of nitrogens with zero attached hydrogens (tertiary/aromatic N) is 1. The standard InChI is InChI=1S/C13H16BrNO3/c1-3-17-12(16)7-6-10(2)9-18-11-5-4-8-15-13(11)14/h4-8,10H,3,9H2,1-2H3/b7-6+/t10-/m1/s1. The predicted octanol–water partition coefficient (Wildman–Crippen LogP) is 2.98. The summed E-state index contributed by atoms with van der Waals surface area (Å²) in [6.45, 7) is 4.59. The quantitative estimate of drug-likeness (QED) is 0.460. The van der Waals surface area contributed by atoms with E-state index in [9.17, 15) is 4.79 Å². The van der Waals surface area contributed by atoms with E-state index in [4.69, 9.17) is 9.47 Å². The summed E-state index contributed by atoms with van der Waals surface area (Å²) in [5, 5.41) is 0. The maximum absolute atomic E-state index is 11.1. The molecule has 98 valence electrons. The molecule has 0 bridgehead atoms.